The number of aromatic nitrogens is 1. The van der Waals surface area contributed by atoms with Crippen LogP contribution in [0.5, 0.6) is 11.5 Å². The topological polar surface area (TPSA) is 102 Å². The zero-order chi connectivity index (χ0) is 21.4. The quantitative estimate of drug-likeness (QED) is 0.395. The van der Waals surface area contributed by atoms with Crippen LogP contribution in [0.4, 0.5) is 0 Å². The number of hydrogen-bond acceptors (Lipinski definition) is 7. The highest BCUT2D eigenvalue weighted by atomic mass is 16.6. The van der Waals surface area contributed by atoms with Crippen LogP contribution in [0, 0.1) is 0 Å². The van der Waals surface area contributed by atoms with Crippen molar-refractivity contribution in [2.75, 3.05) is 13.2 Å². The minimum absolute atomic E-state index is 0.0364. The van der Waals surface area contributed by atoms with Gasteiger partial charge in [0.15, 0.2) is 11.5 Å². The van der Waals surface area contributed by atoms with Crippen LogP contribution in [0.3, 0.4) is 0 Å². The third-order valence-electron chi connectivity index (χ3n) is 5.27. The Hall–Kier alpha value is -4.07. The Labute approximate surface area is 177 Å². The third kappa shape index (κ3) is 3.31. The van der Waals surface area contributed by atoms with Crippen LogP contribution in [0.15, 0.2) is 71.1 Å². The van der Waals surface area contributed by atoms with Crippen LogP contribution in [0.2, 0.25) is 0 Å². The van der Waals surface area contributed by atoms with Crippen molar-refractivity contribution in [1.29, 1.82) is 0 Å². The smallest absolute Gasteiger partial charge is 0.296 e. The van der Waals surface area contributed by atoms with Gasteiger partial charge >= 0.3 is 0 Å². The van der Waals surface area contributed by atoms with E-state index >= 15 is 0 Å². The van der Waals surface area contributed by atoms with E-state index in [9.17, 15) is 14.7 Å². The molecule has 1 atom stereocenters. The number of Topliss-reactive ketones (excluding diaryl/α,β-unsaturated/α-hetero) is 1. The highest BCUT2D eigenvalue weighted by Gasteiger charge is 2.47. The minimum atomic E-state index is -0.864. The van der Waals surface area contributed by atoms with Crippen molar-refractivity contribution in [2.45, 2.75) is 12.6 Å². The first-order valence-corrected chi connectivity index (χ1v) is 9.74. The molecule has 2 aliphatic heterocycles. The molecule has 8 heteroatoms. The zero-order valence-electron chi connectivity index (χ0n) is 16.4. The molecule has 4 heterocycles. The lowest BCUT2D eigenvalue weighted by atomic mass is 9.99. The molecule has 1 amide bonds. The molecule has 1 saturated heterocycles. The van der Waals surface area contributed by atoms with Gasteiger partial charge in [0.25, 0.3) is 11.7 Å². The second-order valence-corrected chi connectivity index (χ2v) is 7.16. The predicted octanol–water partition coefficient (Wildman–Crippen LogP) is 3.07. The van der Waals surface area contributed by atoms with E-state index in [0.717, 1.165) is 5.56 Å². The SMILES string of the molecule is O=C1C(=O)N(Cc2ccncc2)[C@H](c2ccco2)C1=C(O)c1ccc2c(c1)OCCO2. The van der Waals surface area contributed by atoms with Gasteiger partial charge in [-0.1, -0.05) is 0 Å². The van der Waals surface area contributed by atoms with Crippen LogP contribution in [0.25, 0.3) is 5.76 Å². The zero-order valence-corrected chi connectivity index (χ0v) is 16.4. The Kier molecular flexibility index (Phi) is 4.66. The van der Waals surface area contributed by atoms with Crippen molar-refractivity contribution >= 4 is 17.4 Å². The molecule has 0 saturated carbocycles. The number of ether oxygens (including phenoxy) is 2. The molecule has 31 heavy (non-hydrogen) atoms. The van der Waals surface area contributed by atoms with E-state index in [-0.39, 0.29) is 17.9 Å². The van der Waals surface area contributed by atoms with Crippen molar-refractivity contribution in [1.82, 2.24) is 9.88 Å². The average molecular weight is 418 g/mol. The minimum Gasteiger partial charge on any atom is -0.507 e. The number of benzene rings is 1. The molecule has 1 aromatic carbocycles. The summed E-state index contributed by atoms with van der Waals surface area (Å²) in [6.45, 7) is 0.993. The number of carbonyl (C=O) groups excluding carboxylic acids is 2. The van der Waals surface area contributed by atoms with Crippen LogP contribution in [-0.2, 0) is 16.1 Å². The second-order valence-electron chi connectivity index (χ2n) is 7.16. The Balaban J connectivity index is 1.60. The summed E-state index contributed by atoms with van der Waals surface area (Å²) in [6.07, 6.45) is 4.69. The fourth-order valence-corrected chi connectivity index (χ4v) is 3.82. The van der Waals surface area contributed by atoms with Gasteiger partial charge in [0.1, 0.15) is 30.8 Å². The van der Waals surface area contributed by atoms with E-state index in [0.29, 0.717) is 36.0 Å². The molecule has 156 valence electrons. The summed E-state index contributed by atoms with van der Waals surface area (Å²) in [6, 6.07) is 10.9. The van der Waals surface area contributed by atoms with E-state index in [2.05, 4.69) is 4.98 Å². The van der Waals surface area contributed by atoms with Crippen LogP contribution < -0.4 is 9.47 Å². The van der Waals surface area contributed by atoms with Gasteiger partial charge in [-0.15, -0.1) is 0 Å². The summed E-state index contributed by atoms with van der Waals surface area (Å²) in [7, 11) is 0. The molecule has 5 rings (SSSR count). The van der Waals surface area contributed by atoms with Gasteiger partial charge in [-0.05, 0) is 48.0 Å². The summed E-state index contributed by atoms with van der Waals surface area (Å²) in [5.41, 5.74) is 1.11. The first kappa shape index (κ1) is 18.9. The van der Waals surface area contributed by atoms with Gasteiger partial charge < -0.3 is 23.9 Å². The van der Waals surface area contributed by atoms with E-state index < -0.39 is 17.7 Å². The maximum absolute atomic E-state index is 13.0. The first-order chi connectivity index (χ1) is 15.1. The van der Waals surface area contributed by atoms with E-state index in [4.69, 9.17) is 13.9 Å². The number of aliphatic hydroxyl groups excluding tert-OH is 1. The highest BCUT2D eigenvalue weighted by molar-refractivity contribution is 6.46. The van der Waals surface area contributed by atoms with Gasteiger partial charge in [-0.2, -0.15) is 0 Å². The summed E-state index contributed by atoms with van der Waals surface area (Å²) in [4.78, 5) is 31.3. The summed E-state index contributed by atoms with van der Waals surface area (Å²) < 4.78 is 16.6. The van der Waals surface area contributed by atoms with Crippen molar-refractivity contribution in [2.24, 2.45) is 0 Å². The maximum Gasteiger partial charge on any atom is 0.296 e. The molecule has 2 aromatic heterocycles. The van der Waals surface area contributed by atoms with E-state index in [1.807, 2.05) is 0 Å². The fraction of sp³-hybridized carbons (Fsp3) is 0.174. The number of ketones is 1. The van der Waals surface area contributed by atoms with E-state index in [1.54, 1.807) is 54.9 Å². The number of rotatable bonds is 4. The van der Waals surface area contributed by atoms with Gasteiger partial charge in [-0.25, -0.2) is 0 Å². The van der Waals surface area contributed by atoms with Gasteiger partial charge in [0.2, 0.25) is 0 Å². The number of furan rings is 1. The molecule has 2 aliphatic rings. The molecule has 1 N–H and O–H groups in total. The number of aliphatic hydroxyl groups is 1. The number of nitrogens with zero attached hydrogens (tertiary/aromatic N) is 2. The predicted molar refractivity (Wildman–Crippen MR) is 108 cm³/mol. The molecular weight excluding hydrogens is 400 g/mol. The number of fused-ring (bicyclic) bond motifs is 1. The third-order valence-corrected chi connectivity index (χ3v) is 5.27. The maximum atomic E-state index is 13.0. The van der Waals surface area contributed by atoms with E-state index in [1.165, 1.54) is 11.2 Å². The number of hydrogen-bond donors (Lipinski definition) is 1. The standard InChI is InChI=1S/C23H18N2O6/c26-21(15-3-4-16-18(12-15)31-11-10-30-16)19-20(17-2-1-9-29-17)25(23(28)22(19)27)13-14-5-7-24-8-6-14/h1-9,12,20,26H,10-11,13H2/t20-/m1/s1. The first-order valence-electron chi connectivity index (χ1n) is 9.74. The lowest BCUT2D eigenvalue weighted by molar-refractivity contribution is -0.140. The fourth-order valence-electron chi connectivity index (χ4n) is 3.82. The lowest BCUT2D eigenvalue weighted by Gasteiger charge is -2.23. The second kappa shape index (κ2) is 7.64. The van der Waals surface area contributed by atoms with Crippen molar-refractivity contribution < 1.29 is 28.6 Å². The number of likely N-dealkylation sites (tertiary alicyclic amines) is 1. The summed E-state index contributed by atoms with van der Waals surface area (Å²) >= 11 is 0. The van der Waals surface area contributed by atoms with Crippen LogP contribution >= 0.6 is 0 Å². The molecule has 0 unspecified atom stereocenters. The van der Waals surface area contributed by atoms with Gasteiger partial charge in [-0.3, -0.25) is 14.6 Å². The Morgan fingerprint density at radius 3 is 2.58 bits per heavy atom. The number of pyridine rings is 1. The lowest BCUT2D eigenvalue weighted by Crippen LogP contribution is -2.29. The monoisotopic (exact) mass is 418 g/mol. The van der Waals surface area contributed by atoms with Gasteiger partial charge in [0.05, 0.1) is 11.8 Å². The summed E-state index contributed by atoms with van der Waals surface area (Å²) in [5.74, 6) is -0.374. The molecule has 1 fully saturated rings. The number of carbonyl (C=O) groups is 2. The van der Waals surface area contributed by atoms with Crippen molar-refractivity contribution in [3.8, 4) is 11.5 Å². The Bertz CT molecular complexity index is 1170. The largest absolute Gasteiger partial charge is 0.507 e. The van der Waals surface area contributed by atoms with Crippen LogP contribution in [-0.4, -0.2) is 39.9 Å². The van der Waals surface area contributed by atoms with Gasteiger partial charge in [0, 0.05) is 24.5 Å². The Morgan fingerprint density at radius 2 is 1.84 bits per heavy atom. The van der Waals surface area contributed by atoms with Crippen LogP contribution in [0.1, 0.15) is 22.9 Å². The molecule has 8 nitrogen and oxygen atoms in total. The Morgan fingerprint density at radius 1 is 1.06 bits per heavy atom. The molecule has 0 aliphatic carbocycles. The summed E-state index contributed by atoms with van der Waals surface area (Å²) in [5, 5.41) is 11.1. The number of amides is 1. The molecule has 0 radical (unpaired) electrons. The molecule has 0 bridgehead atoms. The normalized spacial score (nSPS) is 19.6. The van der Waals surface area contributed by atoms with Crippen molar-refractivity contribution in [3.05, 3.63) is 83.6 Å². The molecule has 0 spiro atoms. The molecule has 3 aromatic rings. The average Bonchev–Trinajstić information content (AvgIpc) is 3.42. The molecular formula is C23H18N2O6. The van der Waals surface area contributed by atoms with Crippen molar-refractivity contribution in [3.63, 3.8) is 0 Å². The highest BCUT2D eigenvalue weighted by Crippen LogP contribution is 2.41.